The molecule has 3 rings (SSSR count). The van der Waals surface area contributed by atoms with Gasteiger partial charge in [0.25, 0.3) is 0 Å². The standard InChI is InChI=1S/C19H22N4O4/c1-26-18(25)8-6-16-4-3-15(27-16)5-7-17(24)22-11-13-23(14-12-22)19-20-9-2-10-21-19/h2-5,7,9-10H,6,8,11-14H2,1H3. The Hall–Kier alpha value is -3.16. The van der Waals surface area contributed by atoms with Gasteiger partial charge in [-0.05, 0) is 24.3 Å². The first-order valence-corrected chi connectivity index (χ1v) is 8.80. The topological polar surface area (TPSA) is 88.8 Å². The molecule has 8 heteroatoms. The van der Waals surface area contributed by atoms with E-state index in [0.717, 1.165) is 0 Å². The average molecular weight is 370 g/mol. The van der Waals surface area contributed by atoms with Crippen molar-refractivity contribution in [3.8, 4) is 0 Å². The zero-order valence-corrected chi connectivity index (χ0v) is 15.2. The summed E-state index contributed by atoms with van der Waals surface area (Å²) in [5, 5.41) is 0. The van der Waals surface area contributed by atoms with Crippen molar-refractivity contribution >= 4 is 23.9 Å². The molecule has 0 aromatic carbocycles. The number of hydrogen-bond acceptors (Lipinski definition) is 7. The van der Waals surface area contributed by atoms with Crippen molar-refractivity contribution in [1.29, 1.82) is 0 Å². The lowest BCUT2D eigenvalue weighted by molar-refractivity contribution is -0.140. The molecule has 2 aromatic heterocycles. The van der Waals surface area contributed by atoms with E-state index < -0.39 is 0 Å². The Morgan fingerprint density at radius 3 is 2.63 bits per heavy atom. The molecule has 8 nitrogen and oxygen atoms in total. The van der Waals surface area contributed by atoms with E-state index in [-0.39, 0.29) is 18.3 Å². The largest absolute Gasteiger partial charge is 0.469 e. The normalized spacial score (nSPS) is 14.6. The molecule has 0 spiro atoms. The van der Waals surface area contributed by atoms with Crippen LogP contribution in [0.5, 0.6) is 0 Å². The number of ether oxygens (including phenoxy) is 1. The molecule has 27 heavy (non-hydrogen) atoms. The highest BCUT2D eigenvalue weighted by molar-refractivity contribution is 5.91. The van der Waals surface area contributed by atoms with Crippen LogP contribution in [-0.2, 0) is 20.7 Å². The van der Waals surface area contributed by atoms with Gasteiger partial charge in [0, 0.05) is 51.1 Å². The van der Waals surface area contributed by atoms with Crippen molar-refractivity contribution in [3.63, 3.8) is 0 Å². The Bertz CT molecular complexity index is 795. The zero-order valence-electron chi connectivity index (χ0n) is 15.2. The van der Waals surface area contributed by atoms with Crippen LogP contribution in [0, 0.1) is 0 Å². The summed E-state index contributed by atoms with van der Waals surface area (Å²) in [6.45, 7) is 2.62. The van der Waals surface area contributed by atoms with E-state index in [1.165, 1.54) is 13.2 Å². The molecule has 142 valence electrons. The lowest BCUT2D eigenvalue weighted by atomic mass is 10.2. The summed E-state index contributed by atoms with van der Waals surface area (Å²) in [6, 6.07) is 5.36. The van der Waals surface area contributed by atoms with E-state index in [9.17, 15) is 9.59 Å². The first kappa shape index (κ1) is 18.6. The number of aromatic nitrogens is 2. The highest BCUT2D eigenvalue weighted by Crippen LogP contribution is 2.13. The van der Waals surface area contributed by atoms with E-state index in [4.69, 9.17) is 4.42 Å². The van der Waals surface area contributed by atoms with Gasteiger partial charge < -0.3 is 19.0 Å². The summed E-state index contributed by atoms with van der Waals surface area (Å²) >= 11 is 0. The fourth-order valence-electron chi connectivity index (χ4n) is 2.79. The Balaban J connectivity index is 1.48. The number of hydrogen-bond donors (Lipinski definition) is 0. The van der Waals surface area contributed by atoms with Crippen LogP contribution in [0.25, 0.3) is 6.08 Å². The Morgan fingerprint density at radius 1 is 1.19 bits per heavy atom. The number of nitrogens with zero attached hydrogens (tertiary/aromatic N) is 4. The van der Waals surface area contributed by atoms with Gasteiger partial charge in [0.2, 0.25) is 11.9 Å². The van der Waals surface area contributed by atoms with E-state index >= 15 is 0 Å². The van der Waals surface area contributed by atoms with Gasteiger partial charge in [-0.3, -0.25) is 9.59 Å². The van der Waals surface area contributed by atoms with Gasteiger partial charge in [-0.2, -0.15) is 0 Å². The highest BCUT2D eigenvalue weighted by Gasteiger charge is 2.21. The van der Waals surface area contributed by atoms with Crippen LogP contribution in [0.3, 0.4) is 0 Å². The summed E-state index contributed by atoms with van der Waals surface area (Å²) in [6.07, 6.45) is 7.32. The van der Waals surface area contributed by atoms with Crippen molar-refractivity contribution < 1.29 is 18.7 Å². The minimum absolute atomic E-state index is 0.0591. The first-order valence-electron chi connectivity index (χ1n) is 8.80. The number of furan rings is 1. The van der Waals surface area contributed by atoms with Crippen LogP contribution < -0.4 is 4.90 Å². The maximum absolute atomic E-state index is 12.4. The molecule has 0 N–H and O–H groups in total. The molecule has 3 heterocycles. The number of carbonyl (C=O) groups excluding carboxylic acids is 2. The maximum Gasteiger partial charge on any atom is 0.305 e. The van der Waals surface area contributed by atoms with Crippen LogP contribution in [0.1, 0.15) is 17.9 Å². The van der Waals surface area contributed by atoms with Crippen molar-refractivity contribution in [3.05, 3.63) is 48.2 Å². The molecule has 1 aliphatic heterocycles. The number of methoxy groups -OCH3 is 1. The molecule has 1 fully saturated rings. The third-order valence-corrected chi connectivity index (χ3v) is 4.30. The second kappa shape index (κ2) is 8.98. The fourth-order valence-corrected chi connectivity index (χ4v) is 2.79. The van der Waals surface area contributed by atoms with Gasteiger partial charge in [-0.15, -0.1) is 0 Å². The van der Waals surface area contributed by atoms with Crippen LogP contribution in [0.4, 0.5) is 5.95 Å². The van der Waals surface area contributed by atoms with Gasteiger partial charge in [0.15, 0.2) is 0 Å². The van der Waals surface area contributed by atoms with Crippen molar-refractivity contribution in [2.75, 3.05) is 38.2 Å². The predicted molar refractivity (Wildman–Crippen MR) is 98.9 cm³/mol. The molecule has 0 radical (unpaired) electrons. The van der Waals surface area contributed by atoms with Crippen molar-refractivity contribution in [2.24, 2.45) is 0 Å². The lowest BCUT2D eigenvalue weighted by Crippen LogP contribution is -2.48. The molecule has 0 atom stereocenters. The summed E-state index contributed by atoms with van der Waals surface area (Å²) in [4.78, 5) is 35.8. The third kappa shape index (κ3) is 5.16. The Labute approximate surface area is 157 Å². The summed E-state index contributed by atoms with van der Waals surface area (Å²) in [7, 11) is 1.36. The molecule has 2 aromatic rings. The quantitative estimate of drug-likeness (QED) is 0.563. The maximum atomic E-state index is 12.4. The second-order valence-electron chi connectivity index (χ2n) is 6.07. The van der Waals surface area contributed by atoms with E-state index in [0.29, 0.717) is 50.1 Å². The molecule has 1 aliphatic rings. The SMILES string of the molecule is COC(=O)CCc1ccc(C=CC(=O)N2CCN(c3ncccn3)CC2)o1. The van der Waals surface area contributed by atoms with Gasteiger partial charge in [-0.25, -0.2) is 9.97 Å². The molecular formula is C19H22N4O4. The van der Waals surface area contributed by atoms with Crippen LogP contribution >= 0.6 is 0 Å². The second-order valence-corrected chi connectivity index (χ2v) is 6.07. The molecule has 1 amide bonds. The third-order valence-electron chi connectivity index (χ3n) is 4.30. The number of rotatable bonds is 6. The lowest BCUT2D eigenvalue weighted by Gasteiger charge is -2.34. The smallest absolute Gasteiger partial charge is 0.305 e. The monoisotopic (exact) mass is 370 g/mol. The van der Waals surface area contributed by atoms with E-state index in [1.54, 1.807) is 41.6 Å². The van der Waals surface area contributed by atoms with Crippen LogP contribution in [0.15, 0.2) is 41.1 Å². The predicted octanol–water partition coefficient (Wildman–Crippen LogP) is 1.54. The molecular weight excluding hydrogens is 348 g/mol. The Kier molecular flexibility index (Phi) is 6.19. The van der Waals surface area contributed by atoms with Crippen molar-refractivity contribution in [2.45, 2.75) is 12.8 Å². The number of amides is 1. The number of anilines is 1. The number of carbonyl (C=O) groups is 2. The van der Waals surface area contributed by atoms with Crippen LogP contribution in [-0.4, -0.2) is 60.0 Å². The van der Waals surface area contributed by atoms with E-state index in [2.05, 4.69) is 19.6 Å². The van der Waals surface area contributed by atoms with Gasteiger partial charge >= 0.3 is 5.97 Å². The van der Waals surface area contributed by atoms with Crippen molar-refractivity contribution in [1.82, 2.24) is 14.9 Å². The van der Waals surface area contributed by atoms with Crippen LogP contribution in [0.2, 0.25) is 0 Å². The molecule has 0 saturated carbocycles. The molecule has 0 bridgehead atoms. The molecule has 0 unspecified atom stereocenters. The van der Waals surface area contributed by atoms with Gasteiger partial charge in [0.05, 0.1) is 13.5 Å². The number of esters is 1. The van der Waals surface area contributed by atoms with E-state index in [1.807, 2.05) is 0 Å². The minimum atomic E-state index is -0.279. The summed E-state index contributed by atoms with van der Waals surface area (Å²) < 4.78 is 10.2. The number of aryl methyl sites for hydroxylation is 1. The zero-order chi connectivity index (χ0) is 19.1. The number of piperazine rings is 1. The fraction of sp³-hybridized carbons (Fsp3) is 0.368. The molecule has 1 saturated heterocycles. The summed E-state index contributed by atoms with van der Waals surface area (Å²) in [5.74, 6) is 1.62. The average Bonchev–Trinajstić information content (AvgIpc) is 3.19. The molecule has 0 aliphatic carbocycles. The summed E-state index contributed by atoms with van der Waals surface area (Å²) in [5.41, 5.74) is 0. The van der Waals surface area contributed by atoms with Gasteiger partial charge in [-0.1, -0.05) is 0 Å². The minimum Gasteiger partial charge on any atom is -0.469 e. The Morgan fingerprint density at radius 2 is 1.93 bits per heavy atom. The van der Waals surface area contributed by atoms with Gasteiger partial charge in [0.1, 0.15) is 11.5 Å². The highest BCUT2D eigenvalue weighted by atomic mass is 16.5. The first-order chi connectivity index (χ1) is 13.2.